The average molecular weight is 489 g/mol. The van der Waals surface area contributed by atoms with E-state index in [1.165, 1.54) is 37.1 Å². The summed E-state index contributed by atoms with van der Waals surface area (Å²) in [4.78, 5) is 25.3. The van der Waals surface area contributed by atoms with E-state index >= 15 is 0 Å². The van der Waals surface area contributed by atoms with Gasteiger partial charge in [-0.05, 0) is 67.6 Å². The van der Waals surface area contributed by atoms with Gasteiger partial charge in [0.05, 0.1) is 6.54 Å². The van der Waals surface area contributed by atoms with E-state index in [9.17, 15) is 9.00 Å². The Morgan fingerprint density at radius 2 is 1.71 bits per heavy atom. The quantitative estimate of drug-likeness (QED) is 0.530. The normalized spacial score (nSPS) is 17.9. The van der Waals surface area contributed by atoms with Gasteiger partial charge in [0.2, 0.25) is 5.88 Å². The van der Waals surface area contributed by atoms with Crippen LogP contribution in [-0.4, -0.2) is 39.5 Å². The van der Waals surface area contributed by atoms with Crippen molar-refractivity contribution in [3.63, 3.8) is 0 Å². The van der Waals surface area contributed by atoms with Gasteiger partial charge in [-0.1, -0.05) is 12.1 Å². The van der Waals surface area contributed by atoms with E-state index in [0.717, 1.165) is 28.4 Å². The van der Waals surface area contributed by atoms with Crippen molar-refractivity contribution in [2.45, 2.75) is 49.0 Å². The number of anilines is 2. The predicted octanol–water partition coefficient (Wildman–Crippen LogP) is 4.43. The van der Waals surface area contributed by atoms with Gasteiger partial charge in [0.15, 0.2) is 0 Å². The zero-order valence-electron chi connectivity index (χ0n) is 19.7. The Hall–Kier alpha value is -3.26. The zero-order chi connectivity index (χ0) is 23.9. The number of aromatic nitrogens is 2. The molecule has 1 unspecified atom stereocenters. The summed E-state index contributed by atoms with van der Waals surface area (Å²) in [5, 5.41) is 2.91. The highest BCUT2D eigenvalue weighted by atomic mass is 32.2. The van der Waals surface area contributed by atoms with Gasteiger partial charge in [0.1, 0.15) is 18.0 Å². The lowest BCUT2D eigenvalue weighted by Gasteiger charge is -2.31. The maximum Gasteiger partial charge on any atom is 0.270 e. The molecule has 3 aromatic rings. The largest absolute Gasteiger partial charge is 0.474 e. The van der Waals surface area contributed by atoms with E-state index < -0.39 is 10.8 Å². The maximum absolute atomic E-state index is 12.8. The zero-order valence-corrected chi connectivity index (χ0v) is 20.5. The molecule has 1 aromatic carbocycles. The van der Waals surface area contributed by atoms with Crippen LogP contribution >= 0.6 is 0 Å². The van der Waals surface area contributed by atoms with Crippen LogP contribution in [0.1, 0.15) is 65.0 Å². The summed E-state index contributed by atoms with van der Waals surface area (Å²) in [7, 11) is -1.02. The lowest BCUT2D eigenvalue weighted by atomic mass is 10.1. The number of rotatable bonds is 7. The van der Waals surface area contributed by atoms with Crippen LogP contribution in [0.4, 0.5) is 11.4 Å². The minimum absolute atomic E-state index is 0.257. The van der Waals surface area contributed by atoms with Gasteiger partial charge in [0, 0.05) is 57.4 Å². The molecule has 2 aromatic heterocycles. The van der Waals surface area contributed by atoms with Gasteiger partial charge in [-0.3, -0.25) is 14.0 Å². The Morgan fingerprint density at radius 3 is 2.34 bits per heavy atom. The molecular formula is C27H28N4O3S. The molecule has 0 radical (unpaired) electrons. The van der Waals surface area contributed by atoms with E-state index in [4.69, 9.17) is 9.72 Å². The minimum atomic E-state index is -1.02. The van der Waals surface area contributed by atoms with Crippen LogP contribution in [0, 0.1) is 0 Å². The highest BCUT2D eigenvalue weighted by molar-refractivity contribution is 7.84. The number of amides is 1. The molecule has 7 nitrogen and oxygen atoms in total. The van der Waals surface area contributed by atoms with Crippen molar-refractivity contribution in [1.82, 2.24) is 15.3 Å². The van der Waals surface area contributed by atoms with Crippen molar-refractivity contribution < 1.29 is 13.7 Å². The van der Waals surface area contributed by atoms with Crippen molar-refractivity contribution in [3.8, 4) is 5.88 Å². The lowest BCUT2D eigenvalue weighted by molar-refractivity contribution is 0.0944. The molecule has 0 saturated heterocycles. The van der Waals surface area contributed by atoms with Crippen LogP contribution in [0.2, 0.25) is 0 Å². The van der Waals surface area contributed by atoms with Crippen LogP contribution in [0.25, 0.3) is 0 Å². The third kappa shape index (κ3) is 4.80. The van der Waals surface area contributed by atoms with E-state index in [-0.39, 0.29) is 5.91 Å². The second-order valence-corrected chi connectivity index (χ2v) is 10.9. The van der Waals surface area contributed by atoms with Crippen molar-refractivity contribution >= 4 is 28.1 Å². The molecule has 2 aliphatic carbocycles. The third-order valence-electron chi connectivity index (χ3n) is 6.78. The third-order valence-corrected chi connectivity index (χ3v) is 7.71. The van der Waals surface area contributed by atoms with Gasteiger partial charge < -0.3 is 15.0 Å². The first-order valence-corrected chi connectivity index (χ1v) is 13.7. The number of carbonyl (C=O) groups excluding carboxylic acids is 1. The van der Waals surface area contributed by atoms with Crippen molar-refractivity contribution in [3.05, 3.63) is 71.2 Å². The SMILES string of the molecule is CS(=O)c1ccc(CNC(=O)c2ccc3c(n2)OCCN3c2cc(C3CC3)nc(C3CC3)c2)cc1. The van der Waals surface area contributed by atoms with Crippen LogP contribution in [0.15, 0.2) is 53.4 Å². The minimum Gasteiger partial charge on any atom is -0.474 e. The summed E-state index contributed by atoms with van der Waals surface area (Å²) in [5.74, 6) is 1.42. The molecule has 2 fully saturated rings. The number of carbonyl (C=O) groups is 1. The van der Waals surface area contributed by atoms with Crippen LogP contribution in [0.3, 0.4) is 0 Å². The number of nitrogens with one attached hydrogen (secondary N) is 1. The molecule has 3 heterocycles. The van der Waals surface area contributed by atoms with Gasteiger partial charge >= 0.3 is 0 Å². The molecule has 35 heavy (non-hydrogen) atoms. The van der Waals surface area contributed by atoms with E-state index in [0.29, 0.717) is 36.6 Å². The Bertz CT molecular complexity index is 1270. The van der Waals surface area contributed by atoms with Crippen molar-refractivity contribution in [2.75, 3.05) is 24.3 Å². The molecular weight excluding hydrogens is 460 g/mol. The summed E-state index contributed by atoms with van der Waals surface area (Å²) in [6.45, 7) is 1.61. The number of fused-ring (bicyclic) bond motifs is 1. The molecule has 1 atom stereocenters. The summed E-state index contributed by atoms with van der Waals surface area (Å²) < 4.78 is 17.4. The Morgan fingerprint density at radius 1 is 1.03 bits per heavy atom. The first-order valence-electron chi connectivity index (χ1n) is 12.2. The van der Waals surface area contributed by atoms with E-state index in [2.05, 4.69) is 27.3 Å². The summed E-state index contributed by atoms with van der Waals surface area (Å²) in [5.41, 5.74) is 5.70. The monoisotopic (exact) mass is 488 g/mol. The van der Waals surface area contributed by atoms with Gasteiger partial charge in [-0.15, -0.1) is 0 Å². The fourth-order valence-electron chi connectivity index (χ4n) is 4.46. The second-order valence-electron chi connectivity index (χ2n) is 9.53. The number of pyridine rings is 2. The van der Waals surface area contributed by atoms with Gasteiger partial charge in [-0.2, -0.15) is 0 Å². The number of hydrogen-bond acceptors (Lipinski definition) is 6. The molecule has 6 rings (SSSR count). The van der Waals surface area contributed by atoms with Gasteiger partial charge in [0.25, 0.3) is 5.91 Å². The fraction of sp³-hybridized carbons (Fsp3) is 0.370. The van der Waals surface area contributed by atoms with Crippen molar-refractivity contribution in [2.24, 2.45) is 0 Å². The molecule has 1 aliphatic heterocycles. The smallest absolute Gasteiger partial charge is 0.270 e. The molecule has 1 N–H and O–H groups in total. The predicted molar refractivity (Wildman–Crippen MR) is 135 cm³/mol. The standard InChI is InChI=1S/C27H28N4O3S/c1-35(33)21-8-2-17(3-9-21)16-28-26(32)22-10-11-25-27(30-22)34-13-12-31(25)20-14-23(18-4-5-18)29-24(15-20)19-6-7-19/h2-3,8-11,14-15,18-19H,4-7,12-13,16H2,1H3,(H,28,32). The molecule has 0 spiro atoms. The Labute approximate surface area is 207 Å². The molecule has 180 valence electrons. The van der Waals surface area contributed by atoms with E-state index in [1.54, 1.807) is 12.3 Å². The number of benzene rings is 1. The lowest BCUT2D eigenvalue weighted by Crippen LogP contribution is -2.30. The second kappa shape index (κ2) is 9.07. The summed E-state index contributed by atoms with van der Waals surface area (Å²) in [6.07, 6.45) is 6.55. The summed E-state index contributed by atoms with van der Waals surface area (Å²) >= 11 is 0. The van der Waals surface area contributed by atoms with Gasteiger partial charge in [-0.25, -0.2) is 4.98 Å². The molecule has 0 bridgehead atoms. The average Bonchev–Trinajstić information content (AvgIpc) is 3.79. The Balaban J connectivity index is 1.20. The van der Waals surface area contributed by atoms with Crippen LogP contribution in [0.5, 0.6) is 5.88 Å². The first-order chi connectivity index (χ1) is 17.0. The number of hydrogen-bond donors (Lipinski definition) is 1. The van der Waals surface area contributed by atoms with Crippen LogP contribution in [-0.2, 0) is 17.3 Å². The molecule has 8 heteroatoms. The highest BCUT2D eigenvalue weighted by Gasteiger charge is 2.32. The molecule has 3 aliphatic rings. The highest BCUT2D eigenvalue weighted by Crippen LogP contribution is 2.46. The molecule has 1 amide bonds. The van der Waals surface area contributed by atoms with Crippen molar-refractivity contribution in [1.29, 1.82) is 0 Å². The Kier molecular flexibility index (Phi) is 5.76. The number of nitrogens with zero attached hydrogens (tertiary/aromatic N) is 3. The molecule has 2 saturated carbocycles. The fourth-order valence-corrected chi connectivity index (χ4v) is 4.98. The first kappa shape index (κ1) is 22.2. The summed E-state index contributed by atoms with van der Waals surface area (Å²) in [6, 6.07) is 15.5. The topological polar surface area (TPSA) is 84.4 Å². The van der Waals surface area contributed by atoms with Crippen LogP contribution < -0.4 is 15.0 Å². The van der Waals surface area contributed by atoms with E-state index in [1.807, 2.05) is 30.3 Å². The number of ether oxygens (including phenoxy) is 1. The maximum atomic E-state index is 12.8.